The Bertz CT molecular complexity index is 758. The lowest BCUT2D eigenvalue weighted by Crippen LogP contribution is -2.55. The fraction of sp³-hybridized carbons (Fsp3) is 0.696. The average molecular weight is 432 g/mol. The molecule has 0 saturated carbocycles. The van der Waals surface area contributed by atoms with E-state index in [2.05, 4.69) is 6.92 Å². The summed E-state index contributed by atoms with van der Waals surface area (Å²) in [6.07, 6.45) is 6.44. The third-order valence-corrected chi connectivity index (χ3v) is 7.76. The SMILES string of the molecule is CC1CCCN(C(=O)C2CCN(C(=O)C3CCCCN3C(=O)c3cccs3)CC2)C1. The van der Waals surface area contributed by atoms with Gasteiger partial charge >= 0.3 is 0 Å². The summed E-state index contributed by atoms with van der Waals surface area (Å²) in [6, 6.07) is 3.36. The van der Waals surface area contributed by atoms with Crippen LogP contribution in [0.3, 0.4) is 0 Å². The van der Waals surface area contributed by atoms with Gasteiger partial charge in [-0.2, -0.15) is 0 Å². The van der Waals surface area contributed by atoms with Crippen molar-refractivity contribution in [1.29, 1.82) is 0 Å². The molecule has 0 bridgehead atoms. The Morgan fingerprint density at radius 3 is 2.40 bits per heavy atom. The quantitative estimate of drug-likeness (QED) is 0.738. The van der Waals surface area contributed by atoms with Gasteiger partial charge in [0.05, 0.1) is 4.88 Å². The summed E-state index contributed by atoms with van der Waals surface area (Å²) in [6.45, 7) is 5.86. The van der Waals surface area contributed by atoms with Crippen LogP contribution in [0.2, 0.25) is 0 Å². The first-order valence-corrected chi connectivity index (χ1v) is 12.3. The Labute approximate surface area is 183 Å². The molecule has 4 heterocycles. The maximum absolute atomic E-state index is 13.3. The fourth-order valence-electron chi connectivity index (χ4n) is 5.18. The predicted molar refractivity (Wildman–Crippen MR) is 117 cm³/mol. The van der Waals surface area contributed by atoms with Gasteiger partial charge in [0.2, 0.25) is 11.8 Å². The van der Waals surface area contributed by atoms with Crippen molar-refractivity contribution in [1.82, 2.24) is 14.7 Å². The van der Waals surface area contributed by atoms with Gasteiger partial charge in [-0.25, -0.2) is 0 Å². The van der Waals surface area contributed by atoms with Crippen LogP contribution in [-0.4, -0.2) is 71.2 Å². The second-order valence-corrected chi connectivity index (χ2v) is 10.1. The van der Waals surface area contributed by atoms with E-state index in [4.69, 9.17) is 0 Å². The van der Waals surface area contributed by atoms with Crippen LogP contribution in [0.25, 0.3) is 0 Å². The molecule has 2 atom stereocenters. The molecule has 30 heavy (non-hydrogen) atoms. The Balaban J connectivity index is 1.35. The van der Waals surface area contributed by atoms with E-state index in [1.165, 1.54) is 17.8 Å². The topological polar surface area (TPSA) is 60.9 Å². The Morgan fingerprint density at radius 1 is 0.900 bits per heavy atom. The summed E-state index contributed by atoms with van der Waals surface area (Å²) in [5.74, 6) is 0.947. The molecule has 3 aliphatic rings. The molecule has 0 spiro atoms. The van der Waals surface area contributed by atoms with Gasteiger partial charge < -0.3 is 14.7 Å². The highest BCUT2D eigenvalue weighted by Crippen LogP contribution is 2.27. The molecule has 3 fully saturated rings. The van der Waals surface area contributed by atoms with Crippen molar-refractivity contribution in [3.8, 4) is 0 Å². The summed E-state index contributed by atoms with van der Waals surface area (Å²) < 4.78 is 0. The van der Waals surface area contributed by atoms with Crippen molar-refractivity contribution >= 4 is 29.1 Å². The second-order valence-electron chi connectivity index (χ2n) is 9.12. The zero-order chi connectivity index (χ0) is 21.1. The van der Waals surface area contributed by atoms with Crippen LogP contribution in [0, 0.1) is 11.8 Å². The number of thiophene rings is 1. The number of likely N-dealkylation sites (tertiary alicyclic amines) is 3. The number of carbonyl (C=O) groups is 3. The van der Waals surface area contributed by atoms with E-state index in [1.54, 1.807) is 4.90 Å². The number of carbonyl (C=O) groups excluding carboxylic acids is 3. The van der Waals surface area contributed by atoms with Crippen molar-refractivity contribution < 1.29 is 14.4 Å². The monoisotopic (exact) mass is 431 g/mol. The molecule has 1 aromatic heterocycles. The first-order chi connectivity index (χ1) is 14.5. The number of amides is 3. The van der Waals surface area contributed by atoms with E-state index in [0.717, 1.165) is 51.6 Å². The standard InChI is InChI=1S/C23H33N3O3S/c1-17-6-4-11-25(16-17)21(27)18-9-13-24(14-10-18)22(28)19-7-2-3-12-26(19)23(29)20-8-5-15-30-20/h5,8,15,17-19H,2-4,6-7,9-14,16H2,1H3. The lowest BCUT2D eigenvalue weighted by Gasteiger charge is -2.40. The summed E-state index contributed by atoms with van der Waals surface area (Å²) in [4.78, 5) is 45.6. The largest absolute Gasteiger partial charge is 0.342 e. The van der Waals surface area contributed by atoms with Crippen LogP contribution < -0.4 is 0 Å². The molecule has 3 aliphatic heterocycles. The van der Waals surface area contributed by atoms with Crippen LogP contribution in [0.15, 0.2) is 17.5 Å². The van der Waals surface area contributed by atoms with Crippen LogP contribution >= 0.6 is 11.3 Å². The first-order valence-electron chi connectivity index (χ1n) is 11.5. The minimum Gasteiger partial charge on any atom is -0.342 e. The van der Waals surface area contributed by atoms with E-state index >= 15 is 0 Å². The number of rotatable bonds is 3. The van der Waals surface area contributed by atoms with E-state index in [9.17, 15) is 14.4 Å². The second kappa shape index (κ2) is 9.50. The molecular formula is C23H33N3O3S. The van der Waals surface area contributed by atoms with Gasteiger partial charge in [-0.1, -0.05) is 13.0 Å². The van der Waals surface area contributed by atoms with E-state index in [1.807, 2.05) is 27.3 Å². The molecule has 0 N–H and O–H groups in total. The van der Waals surface area contributed by atoms with Gasteiger partial charge in [0.25, 0.3) is 5.91 Å². The van der Waals surface area contributed by atoms with Crippen molar-refractivity contribution in [3.63, 3.8) is 0 Å². The number of nitrogens with zero attached hydrogens (tertiary/aromatic N) is 3. The van der Waals surface area contributed by atoms with Gasteiger partial charge in [-0.3, -0.25) is 14.4 Å². The molecule has 0 aromatic carbocycles. The highest BCUT2D eigenvalue weighted by molar-refractivity contribution is 7.12. The highest BCUT2D eigenvalue weighted by Gasteiger charge is 2.38. The van der Waals surface area contributed by atoms with E-state index in [-0.39, 0.29) is 29.7 Å². The zero-order valence-electron chi connectivity index (χ0n) is 17.9. The minimum atomic E-state index is -0.358. The summed E-state index contributed by atoms with van der Waals surface area (Å²) >= 11 is 1.43. The number of piperidine rings is 3. The molecule has 3 saturated heterocycles. The van der Waals surface area contributed by atoms with Gasteiger partial charge in [0.15, 0.2) is 0 Å². The molecular weight excluding hydrogens is 398 g/mol. The molecule has 7 heteroatoms. The Hall–Kier alpha value is -1.89. The van der Waals surface area contributed by atoms with E-state index in [0.29, 0.717) is 30.4 Å². The number of hydrogen-bond acceptors (Lipinski definition) is 4. The summed E-state index contributed by atoms with van der Waals surface area (Å²) in [5, 5.41) is 1.90. The van der Waals surface area contributed by atoms with Crippen molar-refractivity contribution in [3.05, 3.63) is 22.4 Å². The maximum Gasteiger partial charge on any atom is 0.264 e. The fourth-order valence-corrected chi connectivity index (χ4v) is 5.86. The minimum absolute atomic E-state index is 0.0210. The van der Waals surface area contributed by atoms with Gasteiger partial charge in [0.1, 0.15) is 6.04 Å². The Kier molecular flexibility index (Phi) is 6.76. The molecule has 3 amide bonds. The summed E-state index contributed by atoms with van der Waals surface area (Å²) in [5.41, 5.74) is 0. The normalized spacial score (nSPS) is 26.0. The maximum atomic E-state index is 13.3. The molecule has 2 unspecified atom stereocenters. The lowest BCUT2D eigenvalue weighted by atomic mass is 9.92. The van der Waals surface area contributed by atoms with Crippen molar-refractivity contribution in [2.45, 2.75) is 57.9 Å². The average Bonchev–Trinajstić information content (AvgIpc) is 3.33. The molecule has 164 valence electrons. The van der Waals surface area contributed by atoms with Crippen molar-refractivity contribution in [2.75, 3.05) is 32.7 Å². The van der Waals surface area contributed by atoms with Gasteiger partial charge in [-0.05, 0) is 62.3 Å². The molecule has 4 rings (SSSR count). The molecule has 0 radical (unpaired) electrons. The number of hydrogen-bond donors (Lipinski definition) is 0. The third kappa shape index (κ3) is 4.56. The Morgan fingerprint density at radius 2 is 1.70 bits per heavy atom. The molecule has 0 aliphatic carbocycles. The summed E-state index contributed by atoms with van der Waals surface area (Å²) in [7, 11) is 0. The van der Waals surface area contributed by atoms with Gasteiger partial charge in [0, 0.05) is 38.6 Å². The predicted octanol–water partition coefficient (Wildman–Crippen LogP) is 3.24. The third-order valence-electron chi connectivity index (χ3n) is 6.91. The molecule has 1 aromatic rings. The smallest absolute Gasteiger partial charge is 0.264 e. The first kappa shape index (κ1) is 21.3. The van der Waals surface area contributed by atoms with Crippen molar-refractivity contribution in [2.24, 2.45) is 11.8 Å². The highest BCUT2D eigenvalue weighted by atomic mass is 32.1. The molecule has 6 nitrogen and oxygen atoms in total. The zero-order valence-corrected chi connectivity index (χ0v) is 18.7. The van der Waals surface area contributed by atoms with Crippen LogP contribution in [0.1, 0.15) is 61.5 Å². The van der Waals surface area contributed by atoms with Gasteiger partial charge in [-0.15, -0.1) is 11.3 Å². The van der Waals surface area contributed by atoms with Crippen LogP contribution in [0.5, 0.6) is 0 Å². The van der Waals surface area contributed by atoms with E-state index < -0.39 is 0 Å². The lowest BCUT2D eigenvalue weighted by molar-refractivity contribution is -0.144. The van der Waals surface area contributed by atoms with Crippen LogP contribution in [-0.2, 0) is 9.59 Å². The van der Waals surface area contributed by atoms with Crippen LogP contribution in [0.4, 0.5) is 0 Å².